The molecule has 0 amide bonds. The standard InChI is InChI=1S/C19H20FN5/c1-24(18-6-8-22-19(23-18)13-2-3-13)16-7-9-25(12-16)17-5-4-15(20)10-14(17)11-21/h4-6,8,10,13,16H,2-3,7,9,12H2,1H3. The van der Waals surface area contributed by atoms with E-state index >= 15 is 0 Å². The molecule has 25 heavy (non-hydrogen) atoms. The van der Waals surface area contributed by atoms with Crippen LogP contribution in [0.15, 0.2) is 30.5 Å². The third kappa shape index (κ3) is 3.14. The molecule has 0 N–H and O–H groups in total. The predicted octanol–water partition coefficient (Wildman–Crippen LogP) is 3.08. The van der Waals surface area contributed by atoms with Gasteiger partial charge in [-0.25, -0.2) is 14.4 Å². The number of anilines is 2. The van der Waals surface area contributed by atoms with Gasteiger partial charge < -0.3 is 9.80 Å². The fraction of sp³-hybridized carbons (Fsp3) is 0.421. The van der Waals surface area contributed by atoms with Crippen LogP contribution in [0, 0.1) is 17.1 Å². The van der Waals surface area contributed by atoms with E-state index in [-0.39, 0.29) is 5.82 Å². The Morgan fingerprint density at radius 1 is 1.28 bits per heavy atom. The van der Waals surface area contributed by atoms with Crippen LogP contribution in [0.25, 0.3) is 0 Å². The van der Waals surface area contributed by atoms with E-state index in [1.807, 2.05) is 12.3 Å². The number of benzene rings is 1. The van der Waals surface area contributed by atoms with Gasteiger partial charge in [0.2, 0.25) is 0 Å². The second-order valence-corrected chi connectivity index (χ2v) is 6.82. The lowest BCUT2D eigenvalue weighted by atomic mass is 10.1. The molecule has 6 heteroatoms. The molecule has 1 aliphatic carbocycles. The van der Waals surface area contributed by atoms with Crippen LogP contribution in [-0.4, -0.2) is 36.1 Å². The first kappa shape index (κ1) is 15.8. The molecule has 1 saturated carbocycles. The first-order chi connectivity index (χ1) is 12.2. The molecule has 128 valence electrons. The molecule has 1 aromatic carbocycles. The topological polar surface area (TPSA) is 56.1 Å². The molecule has 1 aromatic heterocycles. The van der Waals surface area contributed by atoms with Crippen LogP contribution in [-0.2, 0) is 0 Å². The predicted molar refractivity (Wildman–Crippen MR) is 94.1 cm³/mol. The molecule has 2 heterocycles. The first-order valence-electron chi connectivity index (χ1n) is 8.66. The zero-order chi connectivity index (χ0) is 17.4. The minimum atomic E-state index is -0.373. The van der Waals surface area contributed by atoms with Crippen molar-refractivity contribution in [2.75, 3.05) is 29.9 Å². The van der Waals surface area contributed by atoms with Gasteiger partial charge in [0.25, 0.3) is 0 Å². The third-order valence-corrected chi connectivity index (χ3v) is 5.09. The lowest BCUT2D eigenvalue weighted by molar-refractivity contribution is 0.627. The van der Waals surface area contributed by atoms with Gasteiger partial charge in [0, 0.05) is 38.3 Å². The van der Waals surface area contributed by atoms with Crippen molar-refractivity contribution in [2.45, 2.75) is 31.2 Å². The highest BCUT2D eigenvalue weighted by Gasteiger charge is 2.30. The average Bonchev–Trinajstić information content (AvgIpc) is 3.38. The Kier molecular flexibility index (Phi) is 4.00. The maximum absolute atomic E-state index is 13.4. The van der Waals surface area contributed by atoms with Crippen LogP contribution in [0.1, 0.15) is 36.6 Å². The molecule has 0 bridgehead atoms. The minimum Gasteiger partial charge on any atom is -0.368 e. The van der Waals surface area contributed by atoms with Crippen LogP contribution in [0.4, 0.5) is 15.9 Å². The van der Waals surface area contributed by atoms with Gasteiger partial charge in [0.05, 0.1) is 11.3 Å². The van der Waals surface area contributed by atoms with Gasteiger partial charge in [-0.15, -0.1) is 0 Å². The molecule has 2 aromatic rings. The number of rotatable bonds is 4. The zero-order valence-corrected chi connectivity index (χ0v) is 14.2. The fourth-order valence-corrected chi connectivity index (χ4v) is 3.44. The Morgan fingerprint density at radius 2 is 2.12 bits per heavy atom. The lowest BCUT2D eigenvalue weighted by Gasteiger charge is -2.27. The quantitative estimate of drug-likeness (QED) is 0.858. The molecule has 5 nitrogen and oxygen atoms in total. The summed E-state index contributed by atoms with van der Waals surface area (Å²) in [5, 5.41) is 9.27. The van der Waals surface area contributed by atoms with E-state index < -0.39 is 0 Å². The summed E-state index contributed by atoms with van der Waals surface area (Å²) in [5.74, 6) is 2.06. The molecule has 1 aliphatic heterocycles. The number of hydrogen-bond acceptors (Lipinski definition) is 5. The number of halogens is 1. The van der Waals surface area contributed by atoms with Crippen molar-refractivity contribution in [1.29, 1.82) is 5.26 Å². The number of hydrogen-bond donors (Lipinski definition) is 0. The zero-order valence-electron chi connectivity index (χ0n) is 14.2. The van der Waals surface area contributed by atoms with Crippen molar-refractivity contribution in [2.24, 2.45) is 0 Å². The van der Waals surface area contributed by atoms with Gasteiger partial charge in [-0.05, 0) is 43.5 Å². The van der Waals surface area contributed by atoms with Gasteiger partial charge in [0.15, 0.2) is 0 Å². The summed E-state index contributed by atoms with van der Waals surface area (Å²) in [7, 11) is 2.06. The second-order valence-electron chi connectivity index (χ2n) is 6.82. The Hall–Kier alpha value is -2.68. The third-order valence-electron chi connectivity index (χ3n) is 5.09. The Balaban J connectivity index is 1.50. The van der Waals surface area contributed by atoms with E-state index in [0.29, 0.717) is 17.5 Å². The number of aromatic nitrogens is 2. The molecule has 1 unspecified atom stereocenters. The molecular weight excluding hydrogens is 317 g/mol. The van der Waals surface area contributed by atoms with Gasteiger partial charge in [-0.1, -0.05) is 0 Å². The van der Waals surface area contributed by atoms with Crippen LogP contribution in [0.3, 0.4) is 0 Å². The van der Waals surface area contributed by atoms with Gasteiger partial charge in [-0.2, -0.15) is 5.26 Å². The van der Waals surface area contributed by atoms with Crippen molar-refractivity contribution < 1.29 is 4.39 Å². The van der Waals surface area contributed by atoms with Gasteiger partial charge >= 0.3 is 0 Å². The Labute approximate surface area is 146 Å². The minimum absolute atomic E-state index is 0.304. The van der Waals surface area contributed by atoms with Gasteiger partial charge in [0.1, 0.15) is 23.5 Å². The summed E-state index contributed by atoms with van der Waals surface area (Å²) in [5.41, 5.74) is 1.20. The molecule has 2 aliphatic rings. The summed E-state index contributed by atoms with van der Waals surface area (Å²) < 4.78 is 13.4. The highest BCUT2D eigenvalue weighted by Crippen LogP contribution is 2.38. The molecule has 0 spiro atoms. The van der Waals surface area contributed by atoms with E-state index in [1.54, 1.807) is 6.07 Å². The molecule has 4 rings (SSSR count). The molecule has 1 atom stereocenters. The summed E-state index contributed by atoms with van der Waals surface area (Å²) >= 11 is 0. The smallest absolute Gasteiger partial charge is 0.133 e. The molecule has 0 radical (unpaired) electrons. The van der Waals surface area contributed by atoms with E-state index in [4.69, 9.17) is 4.98 Å². The number of likely N-dealkylation sites (N-methyl/N-ethyl adjacent to an activating group) is 1. The average molecular weight is 337 g/mol. The van der Waals surface area contributed by atoms with Crippen molar-refractivity contribution >= 4 is 11.5 Å². The molecule has 1 saturated heterocycles. The maximum Gasteiger partial charge on any atom is 0.133 e. The Bertz CT molecular complexity index is 827. The van der Waals surface area contributed by atoms with E-state index in [1.165, 1.54) is 25.0 Å². The summed E-state index contributed by atoms with van der Waals surface area (Å²) in [4.78, 5) is 13.5. The van der Waals surface area contributed by atoms with Crippen LogP contribution in [0.2, 0.25) is 0 Å². The van der Waals surface area contributed by atoms with Gasteiger partial charge in [-0.3, -0.25) is 0 Å². The second kappa shape index (κ2) is 6.32. The number of nitrogens with zero attached hydrogens (tertiary/aromatic N) is 5. The van der Waals surface area contributed by atoms with Crippen LogP contribution in [0.5, 0.6) is 0 Å². The number of nitriles is 1. The van der Waals surface area contributed by atoms with Crippen molar-refractivity contribution in [3.63, 3.8) is 0 Å². The Morgan fingerprint density at radius 3 is 2.88 bits per heavy atom. The first-order valence-corrected chi connectivity index (χ1v) is 8.66. The normalized spacial score (nSPS) is 19.7. The highest BCUT2D eigenvalue weighted by atomic mass is 19.1. The van der Waals surface area contributed by atoms with Crippen molar-refractivity contribution in [3.05, 3.63) is 47.7 Å². The molecule has 2 fully saturated rings. The molecular formula is C19H20FN5. The fourth-order valence-electron chi connectivity index (χ4n) is 3.44. The summed E-state index contributed by atoms with van der Waals surface area (Å²) in [6.07, 6.45) is 5.19. The largest absolute Gasteiger partial charge is 0.368 e. The highest BCUT2D eigenvalue weighted by molar-refractivity contribution is 5.60. The summed E-state index contributed by atoms with van der Waals surface area (Å²) in [6, 6.07) is 8.78. The van der Waals surface area contributed by atoms with E-state index in [0.717, 1.165) is 36.8 Å². The van der Waals surface area contributed by atoms with Crippen molar-refractivity contribution in [3.8, 4) is 6.07 Å². The lowest BCUT2D eigenvalue weighted by Crippen LogP contribution is -2.35. The SMILES string of the molecule is CN(c1ccnc(C2CC2)n1)C1CCN(c2ccc(F)cc2C#N)C1. The van der Waals surface area contributed by atoms with E-state index in [9.17, 15) is 9.65 Å². The van der Waals surface area contributed by atoms with Crippen LogP contribution < -0.4 is 9.80 Å². The summed E-state index contributed by atoms with van der Waals surface area (Å²) in [6.45, 7) is 1.63. The maximum atomic E-state index is 13.4. The monoisotopic (exact) mass is 337 g/mol. The van der Waals surface area contributed by atoms with Crippen molar-refractivity contribution in [1.82, 2.24) is 9.97 Å². The van der Waals surface area contributed by atoms with E-state index in [2.05, 4.69) is 27.9 Å². The van der Waals surface area contributed by atoms with Crippen LogP contribution >= 0.6 is 0 Å².